The van der Waals surface area contributed by atoms with Gasteiger partial charge in [-0.3, -0.25) is 9.59 Å². The molecule has 5 rings (SSSR count). The third-order valence-corrected chi connectivity index (χ3v) is 7.60. The van der Waals surface area contributed by atoms with E-state index in [2.05, 4.69) is 41.3 Å². The Bertz CT molecular complexity index is 976. The highest BCUT2D eigenvalue weighted by Crippen LogP contribution is 2.38. The maximum absolute atomic E-state index is 13.0. The second kappa shape index (κ2) is 9.58. The average molecular weight is 431 g/mol. The predicted molar refractivity (Wildman–Crippen MR) is 128 cm³/mol. The Labute approximate surface area is 191 Å². The number of rotatable bonds is 8. The molecule has 3 aliphatic rings. The van der Waals surface area contributed by atoms with Crippen molar-refractivity contribution in [1.29, 1.82) is 0 Å². The van der Waals surface area contributed by atoms with E-state index in [0.717, 1.165) is 62.1 Å². The minimum Gasteiger partial charge on any atom is -0.312 e. The van der Waals surface area contributed by atoms with E-state index in [1.165, 1.54) is 36.9 Å². The number of anilines is 1. The van der Waals surface area contributed by atoms with Gasteiger partial charge in [0, 0.05) is 18.5 Å². The second-order valence-electron chi connectivity index (χ2n) is 9.80. The summed E-state index contributed by atoms with van der Waals surface area (Å²) in [5.41, 5.74) is 5.64. The first-order valence-electron chi connectivity index (χ1n) is 12.4. The summed E-state index contributed by atoms with van der Waals surface area (Å²) in [5.74, 6) is 1.11. The Hall–Kier alpha value is -2.46. The summed E-state index contributed by atoms with van der Waals surface area (Å²) < 4.78 is 0. The van der Waals surface area contributed by atoms with E-state index < -0.39 is 0 Å². The van der Waals surface area contributed by atoms with Crippen molar-refractivity contribution in [3.63, 3.8) is 0 Å². The fourth-order valence-electron chi connectivity index (χ4n) is 5.77. The van der Waals surface area contributed by atoms with Gasteiger partial charge in [-0.05, 0) is 99.3 Å². The Balaban J connectivity index is 1.08. The summed E-state index contributed by atoms with van der Waals surface area (Å²) in [6.45, 7) is 4.33. The van der Waals surface area contributed by atoms with E-state index in [-0.39, 0.29) is 11.7 Å². The maximum Gasteiger partial charge on any atom is 0.231 e. The molecule has 168 valence electrons. The highest BCUT2D eigenvalue weighted by molar-refractivity contribution is 6.05. The zero-order valence-electron chi connectivity index (χ0n) is 19.0. The summed E-state index contributed by atoms with van der Waals surface area (Å²) in [6.07, 6.45) is 8.86. The van der Waals surface area contributed by atoms with Gasteiger partial charge in [-0.2, -0.15) is 0 Å². The lowest BCUT2D eigenvalue weighted by molar-refractivity contribution is -0.117. The van der Waals surface area contributed by atoms with Crippen LogP contribution in [-0.2, 0) is 24.1 Å². The van der Waals surface area contributed by atoms with Gasteiger partial charge < -0.3 is 9.80 Å². The van der Waals surface area contributed by atoms with Gasteiger partial charge in [-0.25, -0.2) is 0 Å². The molecule has 0 unspecified atom stereocenters. The molecule has 32 heavy (non-hydrogen) atoms. The van der Waals surface area contributed by atoms with Crippen LogP contribution in [0.3, 0.4) is 0 Å². The van der Waals surface area contributed by atoms with Crippen molar-refractivity contribution < 1.29 is 9.59 Å². The van der Waals surface area contributed by atoms with Gasteiger partial charge in [-0.15, -0.1) is 0 Å². The first-order chi connectivity index (χ1) is 15.7. The highest BCUT2D eigenvalue weighted by atomic mass is 16.2. The van der Waals surface area contributed by atoms with Crippen LogP contribution in [-0.4, -0.2) is 42.8 Å². The van der Waals surface area contributed by atoms with Crippen molar-refractivity contribution >= 4 is 17.4 Å². The number of nitrogens with zero attached hydrogens (tertiary/aromatic N) is 2. The monoisotopic (exact) mass is 430 g/mol. The van der Waals surface area contributed by atoms with Crippen LogP contribution in [0.25, 0.3) is 0 Å². The lowest BCUT2D eigenvalue weighted by Gasteiger charge is -2.32. The van der Waals surface area contributed by atoms with Crippen molar-refractivity contribution in [2.75, 3.05) is 31.1 Å². The number of Topliss-reactive ketones (excluding diaryl/α,β-unsaturated/α-hetero) is 1. The van der Waals surface area contributed by atoms with Crippen molar-refractivity contribution in [3.05, 3.63) is 64.7 Å². The van der Waals surface area contributed by atoms with Gasteiger partial charge in [-0.1, -0.05) is 30.3 Å². The minimum atomic E-state index is 0.195. The van der Waals surface area contributed by atoms with Crippen LogP contribution in [0.5, 0.6) is 0 Å². The number of hydrogen-bond donors (Lipinski definition) is 0. The van der Waals surface area contributed by atoms with Gasteiger partial charge >= 0.3 is 0 Å². The molecule has 1 saturated heterocycles. The van der Waals surface area contributed by atoms with Crippen molar-refractivity contribution in [2.45, 2.75) is 57.8 Å². The van der Waals surface area contributed by atoms with Crippen molar-refractivity contribution in [1.82, 2.24) is 4.90 Å². The van der Waals surface area contributed by atoms with Crippen LogP contribution in [0, 0.1) is 5.92 Å². The lowest BCUT2D eigenvalue weighted by atomic mass is 9.89. The molecule has 1 amide bonds. The Morgan fingerprint density at radius 1 is 1.00 bits per heavy atom. The molecule has 0 spiro atoms. The Kier molecular flexibility index (Phi) is 6.40. The molecule has 4 nitrogen and oxygen atoms in total. The molecule has 3 aliphatic heterocycles. The van der Waals surface area contributed by atoms with Gasteiger partial charge in [0.1, 0.15) is 0 Å². The molecule has 3 heterocycles. The standard InChI is InChI=1S/C28H34N2O2/c31-26(24-18-23-9-5-15-30-27(32)20-25(19-24)28(23)30)11-10-22-12-16-29(17-13-22)14-4-8-21-6-2-1-3-7-21/h1-3,6-7,18-19,22H,4-5,8-17,20H2. The Morgan fingerprint density at radius 3 is 2.59 bits per heavy atom. The lowest BCUT2D eigenvalue weighted by Crippen LogP contribution is -2.34. The highest BCUT2D eigenvalue weighted by Gasteiger charge is 2.33. The molecule has 0 atom stereocenters. The summed E-state index contributed by atoms with van der Waals surface area (Å²) >= 11 is 0. The molecule has 0 saturated carbocycles. The van der Waals surface area contributed by atoms with Gasteiger partial charge in [0.05, 0.1) is 12.1 Å². The Morgan fingerprint density at radius 2 is 1.78 bits per heavy atom. The molecular weight excluding hydrogens is 396 g/mol. The minimum absolute atomic E-state index is 0.195. The molecule has 0 aromatic heterocycles. The number of carbonyl (C=O) groups is 2. The number of benzene rings is 2. The maximum atomic E-state index is 13.0. The summed E-state index contributed by atoms with van der Waals surface area (Å²) in [7, 11) is 0. The summed E-state index contributed by atoms with van der Waals surface area (Å²) in [6, 6.07) is 14.8. The number of amides is 1. The van der Waals surface area contributed by atoms with E-state index in [1.54, 1.807) is 0 Å². The van der Waals surface area contributed by atoms with Crippen LogP contribution in [0.4, 0.5) is 5.69 Å². The summed E-state index contributed by atoms with van der Waals surface area (Å²) in [5, 5.41) is 0. The molecule has 0 N–H and O–H groups in total. The molecule has 4 heteroatoms. The topological polar surface area (TPSA) is 40.6 Å². The number of aryl methyl sites for hydroxylation is 2. The fraction of sp³-hybridized carbons (Fsp3) is 0.500. The molecule has 2 aromatic rings. The zero-order chi connectivity index (χ0) is 21.9. The zero-order valence-corrected chi connectivity index (χ0v) is 19.0. The van der Waals surface area contributed by atoms with E-state index >= 15 is 0 Å². The fourth-order valence-corrected chi connectivity index (χ4v) is 5.77. The van der Waals surface area contributed by atoms with Crippen LogP contribution < -0.4 is 4.90 Å². The molecule has 1 fully saturated rings. The normalized spacial score (nSPS) is 18.8. The van der Waals surface area contributed by atoms with E-state index in [1.807, 2.05) is 11.0 Å². The number of hydrogen-bond acceptors (Lipinski definition) is 3. The van der Waals surface area contributed by atoms with Gasteiger partial charge in [0.2, 0.25) is 5.91 Å². The first kappa shape index (κ1) is 21.4. The van der Waals surface area contributed by atoms with Crippen LogP contribution in [0.2, 0.25) is 0 Å². The van der Waals surface area contributed by atoms with Gasteiger partial charge in [0.25, 0.3) is 0 Å². The van der Waals surface area contributed by atoms with Crippen molar-refractivity contribution in [2.24, 2.45) is 5.92 Å². The smallest absolute Gasteiger partial charge is 0.231 e. The molecule has 0 radical (unpaired) electrons. The largest absolute Gasteiger partial charge is 0.312 e. The molecule has 0 bridgehead atoms. The first-order valence-corrected chi connectivity index (χ1v) is 12.4. The number of carbonyl (C=O) groups excluding carboxylic acids is 2. The van der Waals surface area contributed by atoms with E-state index in [4.69, 9.17) is 0 Å². The van der Waals surface area contributed by atoms with E-state index in [9.17, 15) is 9.59 Å². The van der Waals surface area contributed by atoms with Gasteiger partial charge in [0.15, 0.2) is 5.78 Å². The molecule has 2 aromatic carbocycles. The van der Waals surface area contributed by atoms with Crippen LogP contribution in [0.1, 0.15) is 65.6 Å². The van der Waals surface area contributed by atoms with E-state index in [0.29, 0.717) is 18.8 Å². The third kappa shape index (κ3) is 4.66. The predicted octanol–water partition coefficient (Wildman–Crippen LogP) is 4.83. The molecule has 0 aliphatic carbocycles. The van der Waals surface area contributed by atoms with Crippen LogP contribution >= 0.6 is 0 Å². The van der Waals surface area contributed by atoms with Crippen LogP contribution in [0.15, 0.2) is 42.5 Å². The average Bonchev–Trinajstić information content (AvgIpc) is 3.15. The van der Waals surface area contributed by atoms with Crippen molar-refractivity contribution in [3.8, 4) is 0 Å². The number of piperidine rings is 1. The quantitative estimate of drug-likeness (QED) is 0.563. The number of ketones is 1. The third-order valence-electron chi connectivity index (χ3n) is 7.60. The second-order valence-corrected chi connectivity index (χ2v) is 9.80. The molecular formula is C28H34N2O2. The number of likely N-dealkylation sites (tertiary alicyclic amines) is 1. The summed E-state index contributed by atoms with van der Waals surface area (Å²) in [4.78, 5) is 29.8. The SMILES string of the molecule is O=C(CCC1CCN(CCCc2ccccc2)CC1)c1cc2c3c(c1)CC(=O)N3CCC2.